The molecule has 2 aromatic carbocycles. The summed E-state index contributed by atoms with van der Waals surface area (Å²) < 4.78 is 13.3. The van der Waals surface area contributed by atoms with Gasteiger partial charge in [-0.25, -0.2) is 4.39 Å². The molecule has 0 aromatic heterocycles. The molecule has 4 rings (SSSR count). The van der Waals surface area contributed by atoms with Crippen molar-refractivity contribution in [1.82, 2.24) is 15.5 Å². The van der Waals surface area contributed by atoms with Crippen molar-refractivity contribution in [3.8, 4) is 0 Å². The number of aryl methyl sites for hydroxylation is 1. The van der Waals surface area contributed by atoms with Crippen molar-refractivity contribution in [1.29, 1.82) is 0 Å². The zero-order chi connectivity index (χ0) is 21.1. The highest BCUT2D eigenvalue weighted by atomic mass is 35.5. The smallest absolute Gasteiger partial charge is 0.251 e. The fourth-order valence-electron chi connectivity index (χ4n) is 4.33. The summed E-state index contributed by atoms with van der Waals surface area (Å²) in [4.78, 5) is 29.3. The van der Waals surface area contributed by atoms with E-state index in [1.165, 1.54) is 12.1 Å². The Labute approximate surface area is 188 Å². The van der Waals surface area contributed by atoms with Gasteiger partial charge in [0.15, 0.2) is 0 Å². The molecule has 0 saturated carbocycles. The summed E-state index contributed by atoms with van der Waals surface area (Å²) in [6, 6.07) is 13.8. The van der Waals surface area contributed by atoms with Gasteiger partial charge in [-0.1, -0.05) is 17.7 Å². The van der Waals surface area contributed by atoms with E-state index in [0.29, 0.717) is 31.6 Å². The molecule has 2 saturated heterocycles. The van der Waals surface area contributed by atoms with Crippen LogP contribution in [0.4, 0.5) is 10.1 Å². The number of carbonyl (C=O) groups excluding carboxylic acids is 2. The van der Waals surface area contributed by atoms with Crippen molar-refractivity contribution in [2.45, 2.75) is 25.3 Å². The molecule has 1 spiro atoms. The topological polar surface area (TPSA) is 64.7 Å². The van der Waals surface area contributed by atoms with Gasteiger partial charge in [0, 0.05) is 37.4 Å². The summed E-state index contributed by atoms with van der Waals surface area (Å²) in [6.45, 7) is 5.28. The van der Waals surface area contributed by atoms with Crippen LogP contribution in [0, 0.1) is 12.7 Å². The number of halogens is 2. The molecule has 0 aliphatic carbocycles. The van der Waals surface area contributed by atoms with Crippen molar-refractivity contribution in [2.24, 2.45) is 0 Å². The Balaban J connectivity index is 0.00000272. The van der Waals surface area contributed by atoms with E-state index in [1.807, 2.05) is 31.2 Å². The molecule has 2 aromatic rings. The highest BCUT2D eigenvalue weighted by molar-refractivity contribution is 5.94. The molecule has 2 heterocycles. The predicted octanol–water partition coefficient (Wildman–Crippen LogP) is 2.71. The Hall–Kier alpha value is -2.64. The van der Waals surface area contributed by atoms with Gasteiger partial charge >= 0.3 is 0 Å². The second-order valence-corrected chi connectivity index (χ2v) is 8.06. The van der Waals surface area contributed by atoms with Gasteiger partial charge in [-0.2, -0.15) is 0 Å². The Morgan fingerprint density at radius 3 is 2.39 bits per heavy atom. The van der Waals surface area contributed by atoms with Gasteiger partial charge < -0.3 is 20.4 Å². The molecular formula is C23H28ClFN4O2. The van der Waals surface area contributed by atoms with Crippen molar-refractivity contribution in [3.05, 3.63) is 65.5 Å². The third kappa shape index (κ3) is 4.83. The van der Waals surface area contributed by atoms with Crippen LogP contribution in [-0.4, -0.2) is 55.1 Å². The lowest BCUT2D eigenvalue weighted by molar-refractivity contribution is -0.125. The summed E-state index contributed by atoms with van der Waals surface area (Å²) in [5.74, 6) is -0.311. The number of rotatable bonds is 5. The van der Waals surface area contributed by atoms with Crippen LogP contribution in [0.2, 0.25) is 0 Å². The Morgan fingerprint density at radius 2 is 1.74 bits per heavy atom. The first kappa shape index (κ1) is 23.0. The monoisotopic (exact) mass is 446 g/mol. The van der Waals surface area contributed by atoms with Crippen LogP contribution < -0.4 is 15.5 Å². The molecular weight excluding hydrogens is 419 g/mol. The van der Waals surface area contributed by atoms with Crippen molar-refractivity contribution in [3.63, 3.8) is 0 Å². The first-order valence-electron chi connectivity index (χ1n) is 10.4. The minimum atomic E-state index is -0.584. The maximum absolute atomic E-state index is 13.3. The van der Waals surface area contributed by atoms with Crippen LogP contribution in [0.1, 0.15) is 28.8 Å². The van der Waals surface area contributed by atoms with Crippen LogP contribution in [-0.2, 0) is 4.79 Å². The molecule has 2 N–H and O–H groups in total. The highest BCUT2D eigenvalue weighted by Crippen LogP contribution is 2.36. The quantitative estimate of drug-likeness (QED) is 0.741. The van der Waals surface area contributed by atoms with Crippen LogP contribution >= 0.6 is 12.4 Å². The van der Waals surface area contributed by atoms with Gasteiger partial charge in [0.2, 0.25) is 5.91 Å². The first-order chi connectivity index (χ1) is 14.5. The molecule has 8 heteroatoms. The van der Waals surface area contributed by atoms with Crippen LogP contribution in [0.5, 0.6) is 0 Å². The summed E-state index contributed by atoms with van der Waals surface area (Å²) in [7, 11) is 0. The number of benzene rings is 2. The molecule has 2 aliphatic heterocycles. The molecule has 0 unspecified atom stereocenters. The lowest BCUT2D eigenvalue weighted by Crippen LogP contribution is -2.57. The molecule has 6 nitrogen and oxygen atoms in total. The number of nitrogens with zero attached hydrogens (tertiary/aromatic N) is 2. The fourth-order valence-corrected chi connectivity index (χ4v) is 4.33. The summed E-state index contributed by atoms with van der Waals surface area (Å²) >= 11 is 0. The number of carbonyl (C=O) groups is 2. The van der Waals surface area contributed by atoms with E-state index in [9.17, 15) is 14.0 Å². The third-order valence-electron chi connectivity index (χ3n) is 6.19. The normalized spacial score (nSPS) is 17.9. The van der Waals surface area contributed by atoms with Gasteiger partial charge in [0.1, 0.15) is 11.4 Å². The minimum Gasteiger partial charge on any atom is -0.351 e. The number of hydrogen-bond donors (Lipinski definition) is 2. The zero-order valence-electron chi connectivity index (χ0n) is 17.6. The third-order valence-corrected chi connectivity index (χ3v) is 6.19. The molecule has 0 bridgehead atoms. The average molecular weight is 447 g/mol. The van der Waals surface area contributed by atoms with Crippen molar-refractivity contribution >= 4 is 29.9 Å². The molecule has 166 valence electrons. The summed E-state index contributed by atoms with van der Waals surface area (Å²) in [6.07, 6.45) is 1.39. The lowest BCUT2D eigenvalue weighted by Gasteiger charge is -2.43. The maximum atomic E-state index is 13.3. The SMILES string of the molecule is Cc1ccc(C(=O)NCCN2CCC3(CC2)C(=O)NCN3c2ccc(F)cc2)cc1.Cl. The van der Waals surface area contributed by atoms with E-state index in [4.69, 9.17) is 0 Å². The lowest BCUT2D eigenvalue weighted by atomic mass is 9.85. The van der Waals surface area contributed by atoms with Gasteiger partial charge in [0.05, 0.1) is 6.67 Å². The molecule has 0 radical (unpaired) electrons. The Bertz CT molecular complexity index is 912. The Morgan fingerprint density at radius 1 is 1.10 bits per heavy atom. The number of amides is 2. The molecule has 0 atom stereocenters. The van der Waals surface area contributed by atoms with E-state index in [0.717, 1.165) is 30.9 Å². The maximum Gasteiger partial charge on any atom is 0.251 e. The number of likely N-dealkylation sites (tertiary alicyclic amines) is 1. The van der Waals surface area contributed by atoms with Crippen LogP contribution in [0.3, 0.4) is 0 Å². The Kier molecular flexibility index (Phi) is 7.18. The van der Waals surface area contributed by atoms with E-state index in [2.05, 4.69) is 20.4 Å². The van der Waals surface area contributed by atoms with Crippen LogP contribution in [0.25, 0.3) is 0 Å². The van der Waals surface area contributed by atoms with Crippen molar-refractivity contribution < 1.29 is 14.0 Å². The molecule has 2 amide bonds. The number of hydrogen-bond acceptors (Lipinski definition) is 4. The highest BCUT2D eigenvalue weighted by Gasteiger charge is 2.50. The van der Waals surface area contributed by atoms with Crippen molar-refractivity contribution in [2.75, 3.05) is 37.7 Å². The van der Waals surface area contributed by atoms with E-state index in [-0.39, 0.29) is 30.0 Å². The summed E-state index contributed by atoms with van der Waals surface area (Å²) in [5.41, 5.74) is 2.06. The van der Waals surface area contributed by atoms with Gasteiger partial charge in [-0.3, -0.25) is 9.59 Å². The van der Waals surface area contributed by atoms with Crippen LogP contribution in [0.15, 0.2) is 48.5 Å². The molecule has 31 heavy (non-hydrogen) atoms. The number of anilines is 1. The predicted molar refractivity (Wildman–Crippen MR) is 121 cm³/mol. The zero-order valence-corrected chi connectivity index (χ0v) is 18.4. The van der Waals surface area contributed by atoms with E-state index in [1.54, 1.807) is 12.1 Å². The molecule has 2 fully saturated rings. The van der Waals surface area contributed by atoms with E-state index >= 15 is 0 Å². The van der Waals surface area contributed by atoms with Gasteiger partial charge in [0.25, 0.3) is 5.91 Å². The number of nitrogens with one attached hydrogen (secondary N) is 2. The largest absolute Gasteiger partial charge is 0.351 e. The number of piperidine rings is 1. The molecule has 2 aliphatic rings. The second kappa shape index (κ2) is 9.66. The summed E-state index contributed by atoms with van der Waals surface area (Å²) in [5, 5.41) is 5.93. The van der Waals surface area contributed by atoms with E-state index < -0.39 is 5.54 Å². The first-order valence-corrected chi connectivity index (χ1v) is 10.4. The van der Waals surface area contributed by atoms with Gasteiger partial charge in [-0.05, 0) is 56.2 Å². The fraction of sp³-hybridized carbons (Fsp3) is 0.391. The minimum absolute atomic E-state index is 0. The second-order valence-electron chi connectivity index (χ2n) is 8.06. The van der Waals surface area contributed by atoms with Gasteiger partial charge in [-0.15, -0.1) is 12.4 Å². The standard InChI is InChI=1S/C23H27FN4O2.ClH/c1-17-2-4-18(5-3-17)21(29)25-12-15-27-13-10-23(11-14-27)22(30)26-16-28(23)20-8-6-19(24)7-9-20;/h2-9H,10-16H2,1H3,(H,25,29)(H,26,30);1H. The average Bonchev–Trinajstić information content (AvgIpc) is 3.06.